The van der Waals surface area contributed by atoms with Crippen LogP contribution in [0, 0.1) is 0 Å². The first-order valence-corrected chi connectivity index (χ1v) is 15.5. The molecule has 4 nitrogen and oxygen atoms in total. The van der Waals surface area contributed by atoms with Crippen LogP contribution in [0.1, 0.15) is 79.0 Å². The van der Waals surface area contributed by atoms with Gasteiger partial charge in [-0.05, 0) is 69.8 Å². The van der Waals surface area contributed by atoms with Crippen LogP contribution in [0.15, 0.2) is 91.1 Å². The summed E-state index contributed by atoms with van der Waals surface area (Å²) < 4.78 is 2.24. The summed E-state index contributed by atoms with van der Waals surface area (Å²) in [6, 6.07) is 29.7. The minimum atomic E-state index is -0.223. The molecule has 4 heteroatoms. The lowest BCUT2D eigenvalue weighted by molar-refractivity contribution is 0.446. The second kappa shape index (κ2) is 10.3. The first kappa shape index (κ1) is 29.6. The molecular formula is C40H43N3O. The molecule has 0 aliphatic rings. The highest BCUT2D eigenvalue weighted by Crippen LogP contribution is 2.42. The molecule has 0 spiro atoms. The van der Waals surface area contributed by atoms with E-state index in [0.29, 0.717) is 5.75 Å². The summed E-state index contributed by atoms with van der Waals surface area (Å²) in [6.45, 7) is 19.7. The largest absolute Gasteiger partial charge is 0.507 e. The number of phenols is 1. The molecule has 6 aromatic rings. The van der Waals surface area contributed by atoms with Crippen molar-refractivity contribution < 1.29 is 5.11 Å². The summed E-state index contributed by atoms with van der Waals surface area (Å²) in [4.78, 5) is 9.98. The van der Waals surface area contributed by atoms with Gasteiger partial charge >= 0.3 is 0 Å². The average molecular weight is 582 g/mol. The van der Waals surface area contributed by atoms with E-state index in [9.17, 15) is 5.11 Å². The summed E-state index contributed by atoms with van der Waals surface area (Å²) in [7, 11) is 0. The van der Waals surface area contributed by atoms with Gasteiger partial charge in [0.25, 0.3) is 0 Å². The third-order valence-corrected chi connectivity index (χ3v) is 8.62. The van der Waals surface area contributed by atoms with Crippen LogP contribution in [0.2, 0.25) is 0 Å². The number of nitrogens with zero attached hydrogens (tertiary/aromatic N) is 3. The maximum atomic E-state index is 11.6. The average Bonchev–Trinajstić information content (AvgIpc) is 3.29. The van der Waals surface area contributed by atoms with Crippen molar-refractivity contribution >= 4 is 21.8 Å². The van der Waals surface area contributed by atoms with Crippen molar-refractivity contribution in [2.75, 3.05) is 0 Å². The van der Waals surface area contributed by atoms with Crippen molar-refractivity contribution in [3.63, 3.8) is 0 Å². The normalized spacial score (nSPS) is 12.8. The molecule has 0 aliphatic carbocycles. The lowest BCUT2D eigenvalue weighted by atomic mass is 9.78. The van der Waals surface area contributed by atoms with Gasteiger partial charge in [0, 0.05) is 33.7 Å². The van der Waals surface area contributed by atoms with E-state index in [1.165, 1.54) is 16.5 Å². The van der Waals surface area contributed by atoms with Gasteiger partial charge in [0.15, 0.2) is 0 Å². The standard InChI is InChI=1S/C40H43N3O/c1-38(2,3)26-19-20-41-33(24-26)25-17-18-29-28-13-10-11-15-34(28)43(35(29)21-25)36-16-12-14-32(42-36)30-22-27(39(4,5)6)23-31(37(30)44)40(7,8)9/h10-24,44H,1-9H3. The van der Waals surface area contributed by atoms with E-state index in [1.807, 2.05) is 18.3 Å². The van der Waals surface area contributed by atoms with Crippen LogP contribution in [0.5, 0.6) is 5.75 Å². The number of aromatic hydroxyl groups is 1. The highest BCUT2D eigenvalue weighted by atomic mass is 16.3. The molecular weight excluding hydrogens is 538 g/mol. The van der Waals surface area contributed by atoms with Crippen molar-refractivity contribution in [2.45, 2.75) is 78.6 Å². The number of hydrogen-bond donors (Lipinski definition) is 1. The molecule has 0 atom stereocenters. The second-order valence-electron chi connectivity index (χ2n) is 15.1. The van der Waals surface area contributed by atoms with Gasteiger partial charge in [0.1, 0.15) is 11.6 Å². The Morgan fingerprint density at radius 1 is 0.591 bits per heavy atom. The van der Waals surface area contributed by atoms with E-state index in [1.54, 1.807) is 0 Å². The topological polar surface area (TPSA) is 50.9 Å². The van der Waals surface area contributed by atoms with Crippen LogP contribution < -0.4 is 0 Å². The first-order valence-electron chi connectivity index (χ1n) is 15.5. The number of hydrogen-bond acceptors (Lipinski definition) is 3. The van der Waals surface area contributed by atoms with Crippen LogP contribution >= 0.6 is 0 Å². The van der Waals surface area contributed by atoms with Gasteiger partial charge in [-0.25, -0.2) is 4.98 Å². The highest BCUT2D eigenvalue weighted by Gasteiger charge is 2.26. The number of rotatable bonds is 3. The Labute approximate surface area is 261 Å². The molecule has 44 heavy (non-hydrogen) atoms. The maximum Gasteiger partial charge on any atom is 0.138 e. The Kier molecular flexibility index (Phi) is 6.96. The lowest BCUT2D eigenvalue weighted by Gasteiger charge is -2.27. The molecule has 3 aromatic heterocycles. The van der Waals surface area contributed by atoms with Gasteiger partial charge in [-0.3, -0.25) is 9.55 Å². The fourth-order valence-electron chi connectivity index (χ4n) is 5.96. The van der Waals surface area contributed by atoms with E-state index < -0.39 is 0 Å². The predicted molar refractivity (Wildman–Crippen MR) is 185 cm³/mol. The molecule has 0 amide bonds. The Morgan fingerprint density at radius 3 is 2.00 bits per heavy atom. The number of phenolic OH excluding ortho intramolecular Hbond substituents is 1. The molecule has 0 bridgehead atoms. The van der Waals surface area contributed by atoms with Crippen molar-refractivity contribution in [1.29, 1.82) is 0 Å². The number of para-hydroxylation sites is 1. The van der Waals surface area contributed by atoms with Crippen molar-refractivity contribution in [1.82, 2.24) is 14.5 Å². The molecule has 3 heterocycles. The van der Waals surface area contributed by atoms with E-state index in [0.717, 1.165) is 50.3 Å². The van der Waals surface area contributed by atoms with Gasteiger partial charge in [-0.2, -0.15) is 0 Å². The first-order chi connectivity index (χ1) is 20.6. The second-order valence-corrected chi connectivity index (χ2v) is 15.1. The van der Waals surface area contributed by atoms with Crippen LogP contribution in [-0.4, -0.2) is 19.6 Å². The minimum absolute atomic E-state index is 0.0315. The van der Waals surface area contributed by atoms with E-state index in [2.05, 4.69) is 140 Å². The number of fused-ring (bicyclic) bond motifs is 3. The van der Waals surface area contributed by atoms with Gasteiger partial charge in [0.2, 0.25) is 0 Å². The van der Waals surface area contributed by atoms with E-state index >= 15 is 0 Å². The fraction of sp³-hybridized carbons (Fsp3) is 0.300. The third kappa shape index (κ3) is 5.27. The zero-order chi connectivity index (χ0) is 31.6. The van der Waals surface area contributed by atoms with E-state index in [-0.39, 0.29) is 16.2 Å². The molecule has 0 aliphatic heterocycles. The Bertz CT molecular complexity index is 2030. The monoisotopic (exact) mass is 581 g/mol. The fourth-order valence-corrected chi connectivity index (χ4v) is 5.96. The van der Waals surface area contributed by atoms with Gasteiger partial charge < -0.3 is 5.11 Å². The van der Waals surface area contributed by atoms with E-state index in [4.69, 9.17) is 9.97 Å². The molecule has 224 valence electrons. The minimum Gasteiger partial charge on any atom is -0.507 e. The summed E-state index contributed by atoms with van der Waals surface area (Å²) >= 11 is 0. The van der Waals surface area contributed by atoms with Crippen LogP contribution in [0.4, 0.5) is 0 Å². The lowest BCUT2D eigenvalue weighted by Crippen LogP contribution is -2.17. The van der Waals surface area contributed by atoms with Crippen LogP contribution in [0.25, 0.3) is 50.1 Å². The zero-order valence-electron chi connectivity index (χ0n) is 27.4. The molecule has 3 aromatic carbocycles. The molecule has 6 rings (SSSR count). The summed E-state index contributed by atoms with van der Waals surface area (Å²) in [5.41, 5.74) is 8.77. The summed E-state index contributed by atoms with van der Waals surface area (Å²) in [6.07, 6.45) is 1.91. The van der Waals surface area contributed by atoms with Gasteiger partial charge in [0.05, 0.1) is 22.4 Å². The molecule has 0 radical (unpaired) electrons. The third-order valence-electron chi connectivity index (χ3n) is 8.62. The summed E-state index contributed by atoms with van der Waals surface area (Å²) in [5.74, 6) is 1.10. The van der Waals surface area contributed by atoms with Crippen LogP contribution in [-0.2, 0) is 16.2 Å². The molecule has 0 unspecified atom stereocenters. The predicted octanol–water partition coefficient (Wildman–Crippen LogP) is 10.5. The molecule has 1 N–H and O–H groups in total. The molecule has 0 saturated carbocycles. The number of aromatic nitrogens is 3. The number of pyridine rings is 2. The van der Waals surface area contributed by atoms with Crippen LogP contribution in [0.3, 0.4) is 0 Å². The SMILES string of the molecule is CC(C)(C)c1ccnc(-c2ccc3c4ccccc4n(-c4cccc(-c5cc(C(C)(C)C)cc(C(C)(C)C)c5O)n4)c3c2)c1. The van der Waals surface area contributed by atoms with Crippen molar-refractivity contribution in [3.8, 4) is 34.1 Å². The molecule has 0 saturated heterocycles. The number of benzene rings is 3. The Morgan fingerprint density at radius 2 is 1.30 bits per heavy atom. The van der Waals surface area contributed by atoms with Gasteiger partial charge in [-0.1, -0.05) is 105 Å². The Hall–Kier alpha value is -4.44. The van der Waals surface area contributed by atoms with Crippen molar-refractivity contribution in [2.24, 2.45) is 0 Å². The molecule has 0 fully saturated rings. The van der Waals surface area contributed by atoms with Gasteiger partial charge in [-0.15, -0.1) is 0 Å². The Balaban J connectivity index is 1.58. The smallest absolute Gasteiger partial charge is 0.138 e. The maximum absolute atomic E-state index is 11.6. The zero-order valence-corrected chi connectivity index (χ0v) is 27.4. The highest BCUT2D eigenvalue weighted by molar-refractivity contribution is 6.10. The summed E-state index contributed by atoms with van der Waals surface area (Å²) in [5, 5.41) is 14.0. The quantitative estimate of drug-likeness (QED) is 0.226. The van der Waals surface area contributed by atoms with Crippen molar-refractivity contribution in [3.05, 3.63) is 108 Å².